The van der Waals surface area contributed by atoms with Crippen molar-refractivity contribution in [2.75, 3.05) is 7.11 Å². The van der Waals surface area contributed by atoms with Crippen LogP contribution in [0.4, 0.5) is 0 Å². The first-order chi connectivity index (χ1) is 8.38. The molecule has 100 valence electrons. The highest BCUT2D eigenvalue weighted by molar-refractivity contribution is 5.81. The lowest BCUT2D eigenvalue weighted by Gasteiger charge is -2.16. The number of ether oxygens (including phenoxy) is 1. The van der Waals surface area contributed by atoms with Crippen LogP contribution in [0.1, 0.15) is 29.2 Å². The molecule has 1 rings (SSSR count). The van der Waals surface area contributed by atoms with Gasteiger partial charge in [-0.2, -0.15) is 0 Å². The summed E-state index contributed by atoms with van der Waals surface area (Å²) in [5.41, 5.74) is 9.94. The SMILES string of the molecule is COc1c(C)cc(CNC(=O)C(C)N)c(C)c1C. The second-order valence-electron chi connectivity index (χ2n) is 4.64. The molecule has 0 saturated carbocycles. The average Bonchev–Trinajstić information content (AvgIpc) is 2.32. The van der Waals surface area contributed by atoms with Crippen LogP contribution in [0, 0.1) is 20.8 Å². The lowest BCUT2D eigenvalue weighted by atomic mass is 9.98. The van der Waals surface area contributed by atoms with Crippen molar-refractivity contribution >= 4 is 5.91 Å². The molecule has 0 radical (unpaired) electrons. The molecule has 1 unspecified atom stereocenters. The van der Waals surface area contributed by atoms with Crippen molar-refractivity contribution in [3.63, 3.8) is 0 Å². The molecule has 0 aliphatic rings. The summed E-state index contributed by atoms with van der Waals surface area (Å²) < 4.78 is 5.37. The number of rotatable bonds is 4. The number of hydrogen-bond donors (Lipinski definition) is 2. The summed E-state index contributed by atoms with van der Waals surface area (Å²) in [7, 11) is 1.67. The first kappa shape index (κ1) is 14.5. The highest BCUT2D eigenvalue weighted by atomic mass is 16.5. The summed E-state index contributed by atoms with van der Waals surface area (Å²) in [6.45, 7) is 8.23. The third-order valence-corrected chi connectivity index (χ3v) is 3.20. The minimum absolute atomic E-state index is 0.138. The van der Waals surface area contributed by atoms with Gasteiger partial charge in [-0.1, -0.05) is 6.07 Å². The molecule has 0 aliphatic carbocycles. The molecule has 0 saturated heterocycles. The number of amides is 1. The largest absolute Gasteiger partial charge is 0.496 e. The van der Waals surface area contributed by atoms with E-state index in [0.29, 0.717) is 6.54 Å². The first-order valence-electron chi connectivity index (χ1n) is 6.05. The Morgan fingerprint density at radius 3 is 2.50 bits per heavy atom. The molecule has 0 bridgehead atoms. The maximum Gasteiger partial charge on any atom is 0.236 e. The van der Waals surface area contributed by atoms with E-state index in [9.17, 15) is 4.79 Å². The van der Waals surface area contributed by atoms with Gasteiger partial charge in [0.1, 0.15) is 5.75 Å². The van der Waals surface area contributed by atoms with Gasteiger partial charge in [-0.15, -0.1) is 0 Å². The van der Waals surface area contributed by atoms with Gasteiger partial charge in [0.2, 0.25) is 5.91 Å². The van der Waals surface area contributed by atoms with E-state index in [1.807, 2.05) is 26.8 Å². The Labute approximate surface area is 109 Å². The predicted octanol–water partition coefficient (Wildman–Crippen LogP) is 1.58. The number of hydrogen-bond acceptors (Lipinski definition) is 3. The van der Waals surface area contributed by atoms with Crippen LogP contribution in [0.5, 0.6) is 5.75 Å². The topological polar surface area (TPSA) is 64.3 Å². The fourth-order valence-corrected chi connectivity index (χ4v) is 1.98. The molecule has 0 heterocycles. The maximum atomic E-state index is 11.5. The third kappa shape index (κ3) is 3.01. The van der Waals surface area contributed by atoms with Crippen LogP contribution in [0.25, 0.3) is 0 Å². The van der Waals surface area contributed by atoms with E-state index in [1.165, 1.54) is 0 Å². The van der Waals surface area contributed by atoms with E-state index in [1.54, 1.807) is 14.0 Å². The number of carbonyl (C=O) groups is 1. The van der Waals surface area contributed by atoms with Gasteiger partial charge in [0.05, 0.1) is 13.2 Å². The van der Waals surface area contributed by atoms with Crippen LogP contribution in [0.15, 0.2) is 6.07 Å². The fourth-order valence-electron chi connectivity index (χ4n) is 1.98. The first-order valence-corrected chi connectivity index (χ1v) is 6.05. The van der Waals surface area contributed by atoms with Crippen molar-refractivity contribution in [1.82, 2.24) is 5.32 Å². The Morgan fingerprint density at radius 1 is 1.39 bits per heavy atom. The summed E-state index contributed by atoms with van der Waals surface area (Å²) in [5, 5.41) is 2.83. The van der Waals surface area contributed by atoms with E-state index in [2.05, 4.69) is 5.32 Å². The summed E-state index contributed by atoms with van der Waals surface area (Å²) in [4.78, 5) is 11.5. The van der Waals surface area contributed by atoms with Gasteiger partial charge in [0.25, 0.3) is 0 Å². The lowest BCUT2D eigenvalue weighted by molar-refractivity contribution is -0.122. The minimum atomic E-state index is -0.481. The number of nitrogens with one attached hydrogen (secondary N) is 1. The maximum absolute atomic E-state index is 11.5. The van der Waals surface area contributed by atoms with Gasteiger partial charge in [0.15, 0.2) is 0 Å². The van der Waals surface area contributed by atoms with Crippen molar-refractivity contribution in [2.24, 2.45) is 5.73 Å². The molecule has 0 aliphatic heterocycles. The average molecular weight is 250 g/mol. The Kier molecular flexibility index (Phi) is 4.73. The lowest BCUT2D eigenvalue weighted by Crippen LogP contribution is -2.37. The molecule has 4 nitrogen and oxygen atoms in total. The molecule has 1 atom stereocenters. The zero-order valence-corrected chi connectivity index (χ0v) is 11.8. The molecular weight excluding hydrogens is 228 g/mol. The van der Waals surface area contributed by atoms with E-state index in [0.717, 1.165) is 28.0 Å². The van der Waals surface area contributed by atoms with Crippen LogP contribution in [-0.2, 0) is 11.3 Å². The number of methoxy groups -OCH3 is 1. The van der Waals surface area contributed by atoms with Gasteiger partial charge in [-0.05, 0) is 49.9 Å². The second kappa shape index (κ2) is 5.87. The van der Waals surface area contributed by atoms with E-state index in [4.69, 9.17) is 10.5 Å². The standard InChI is InChI=1S/C14H22N2O2/c1-8-6-12(7-16-14(17)11(4)15)9(2)10(3)13(8)18-5/h6,11H,7,15H2,1-5H3,(H,16,17). The number of benzene rings is 1. The summed E-state index contributed by atoms with van der Waals surface area (Å²) in [6, 6.07) is 1.56. The van der Waals surface area contributed by atoms with Crippen molar-refractivity contribution in [3.8, 4) is 5.75 Å². The van der Waals surface area contributed by atoms with Gasteiger partial charge in [0, 0.05) is 6.54 Å². The Balaban J connectivity index is 2.94. The Morgan fingerprint density at radius 2 is 2.00 bits per heavy atom. The van der Waals surface area contributed by atoms with Gasteiger partial charge in [-0.25, -0.2) is 0 Å². The van der Waals surface area contributed by atoms with Crippen molar-refractivity contribution in [2.45, 2.75) is 40.3 Å². The minimum Gasteiger partial charge on any atom is -0.496 e. The number of nitrogens with two attached hydrogens (primary N) is 1. The molecule has 4 heteroatoms. The Bertz CT molecular complexity index is 454. The van der Waals surface area contributed by atoms with E-state index >= 15 is 0 Å². The smallest absolute Gasteiger partial charge is 0.236 e. The molecule has 0 spiro atoms. The van der Waals surface area contributed by atoms with Gasteiger partial charge in [-0.3, -0.25) is 4.79 Å². The molecule has 1 amide bonds. The van der Waals surface area contributed by atoms with Gasteiger partial charge >= 0.3 is 0 Å². The highest BCUT2D eigenvalue weighted by Crippen LogP contribution is 2.28. The van der Waals surface area contributed by atoms with E-state index in [-0.39, 0.29) is 5.91 Å². The summed E-state index contributed by atoms with van der Waals surface area (Å²) in [6.07, 6.45) is 0. The monoisotopic (exact) mass is 250 g/mol. The number of aryl methyl sites for hydroxylation is 1. The Hall–Kier alpha value is -1.55. The zero-order chi connectivity index (χ0) is 13.9. The van der Waals surface area contributed by atoms with Crippen LogP contribution in [0.3, 0.4) is 0 Å². The van der Waals surface area contributed by atoms with Crippen LogP contribution in [0.2, 0.25) is 0 Å². The summed E-state index contributed by atoms with van der Waals surface area (Å²) >= 11 is 0. The molecule has 3 N–H and O–H groups in total. The van der Waals surface area contributed by atoms with Crippen molar-refractivity contribution in [1.29, 1.82) is 0 Å². The second-order valence-corrected chi connectivity index (χ2v) is 4.64. The fraction of sp³-hybridized carbons (Fsp3) is 0.500. The molecule has 1 aromatic rings. The van der Waals surface area contributed by atoms with Crippen molar-refractivity contribution < 1.29 is 9.53 Å². The third-order valence-electron chi connectivity index (χ3n) is 3.20. The molecule has 1 aromatic carbocycles. The normalized spacial score (nSPS) is 12.1. The molecule has 0 fully saturated rings. The summed E-state index contributed by atoms with van der Waals surface area (Å²) in [5.74, 6) is 0.773. The molecule has 0 aromatic heterocycles. The highest BCUT2D eigenvalue weighted by Gasteiger charge is 2.12. The predicted molar refractivity (Wildman–Crippen MR) is 72.7 cm³/mol. The molecule has 18 heavy (non-hydrogen) atoms. The van der Waals surface area contributed by atoms with Gasteiger partial charge < -0.3 is 15.8 Å². The quantitative estimate of drug-likeness (QED) is 0.852. The van der Waals surface area contributed by atoms with E-state index < -0.39 is 6.04 Å². The molecular formula is C14H22N2O2. The van der Waals surface area contributed by atoms with Crippen molar-refractivity contribution in [3.05, 3.63) is 28.3 Å². The van der Waals surface area contributed by atoms with Crippen LogP contribution >= 0.6 is 0 Å². The zero-order valence-electron chi connectivity index (χ0n) is 11.8. The number of carbonyl (C=O) groups excluding carboxylic acids is 1. The van der Waals surface area contributed by atoms with Crippen LogP contribution < -0.4 is 15.8 Å². The van der Waals surface area contributed by atoms with Crippen LogP contribution in [-0.4, -0.2) is 19.1 Å².